The molecule has 36 heavy (non-hydrogen) atoms. The lowest BCUT2D eigenvalue weighted by Gasteiger charge is -2.52. The van der Waals surface area contributed by atoms with Crippen molar-refractivity contribution in [3.63, 3.8) is 0 Å². The van der Waals surface area contributed by atoms with Gasteiger partial charge in [-0.3, -0.25) is 14.1 Å². The summed E-state index contributed by atoms with van der Waals surface area (Å²) in [5.41, 5.74) is 0.878. The summed E-state index contributed by atoms with van der Waals surface area (Å²) in [7, 11) is -4.83. The number of hydrogen-bond donors (Lipinski definition) is 2. The van der Waals surface area contributed by atoms with Crippen molar-refractivity contribution < 1.29 is 32.1 Å². The van der Waals surface area contributed by atoms with Gasteiger partial charge in [0, 0.05) is 4.75 Å². The highest BCUT2D eigenvalue weighted by molar-refractivity contribution is 8.05. The molecule has 2 aromatic rings. The Kier molecular flexibility index (Phi) is 7.17. The summed E-state index contributed by atoms with van der Waals surface area (Å²) in [5, 5.41) is 0.0277. The van der Waals surface area contributed by atoms with Gasteiger partial charge in [0.1, 0.15) is 18.0 Å². The van der Waals surface area contributed by atoms with Crippen LogP contribution in [-0.4, -0.2) is 62.9 Å². The Morgan fingerprint density at radius 3 is 2.28 bits per heavy atom. The van der Waals surface area contributed by atoms with E-state index in [9.17, 15) is 27.4 Å². The zero-order valence-corrected chi connectivity index (χ0v) is 22.2. The van der Waals surface area contributed by atoms with Gasteiger partial charge in [0.05, 0.1) is 0 Å². The van der Waals surface area contributed by atoms with Crippen LogP contribution in [0.4, 0.5) is 0 Å². The summed E-state index contributed by atoms with van der Waals surface area (Å²) >= 11 is 2.37. The standard InChI is InChI=1S/C24H26N2O7S3/c1-23(2)18(20(28)33-14-15-10-6-4-7-11-15)26-21(29)24(34-3,22(26)35-23)25-19(27)17(36(30,31)32)16-12-8-5-9-13-16/h4-13,17-18,22H,14H2,1-3H3,(H,25,27)(H,30,31,32)/t17?,18-,22+,24-/m0/s1. The number of esters is 1. The fraction of sp³-hybridized carbons (Fsp3) is 0.375. The van der Waals surface area contributed by atoms with Gasteiger partial charge in [0.25, 0.3) is 16.0 Å². The summed E-state index contributed by atoms with van der Waals surface area (Å²) in [4.78, 5) is 39.6. The molecule has 2 aliphatic rings. The quantitative estimate of drug-likeness (QED) is 0.220. The maximum atomic E-state index is 13.5. The van der Waals surface area contributed by atoms with Gasteiger partial charge in [-0.15, -0.1) is 23.5 Å². The second kappa shape index (κ2) is 9.73. The molecule has 2 heterocycles. The zero-order chi connectivity index (χ0) is 26.3. The maximum absolute atomic E-state index is 13.5. The predicted octanol–water partition coefficient (Wildman–Crippen LogP) is 2.60. The molecule has 0 aliphatic carbocycles. The van der Waals surface area contributed by atoms with Gasteiger partial charge in [0.15, 0.2) is 10.1 Å². The van der Waals surface area contributed by atoms with Gasteiger partial charge in [0.2, 0.25) is 5.91 Å². The lowest BCUT2D eigenvalue weighted by molar-refractivity contribution is -0.166. The Morgan fingerprint density at radius 2 is 1.72 bits per heavy atom. The van der Waals surface area contributed by atoms with Crippen molar-refractivity contribution in [2.45, 2.75) is 46.7 Å². The molecule has 1 unspecified atom stereocenters. The van der Waals surface area contributed by atoms with E-state index in [1.807, 2.05) is 44.2 Å². The lowest BCUT2D eigenvalue weighted by atomic mass is 9.95. The third-order valence-corrected chi connectivity index (χ3v) is 10.2. The molecule has 2 fully saturated rings. The number of amides is 2. The van der Waals surface area contributed by atoms with E-state index < -0.39 is 54.2 Å². The first-order valence-corrected chi connectivity index (χ1v) is 14.6. The number of β-lactam (4-membered cyclic amide) rings is 1. The lowest BCUT2D eigenvalue weighted by Crippen LogP contribution is -2.78. The minimum atomic E-state index is -4.83. The van der Waals surface area contributed by atoms with E-state index in [1.54, 1.807) is 24.5 Å². The summed E-state index contributed by atoms with van der Waals surface area (Å²) in [6.07, 6.45) is 1.62. The molecule has 4 atom stereocenters. The molecule has 0 saturated carbocycles. The topological polar surface area (TPSA) is 130 Å². The third kappa shape index (κ3) is 4.62. The van der Waals surface area contributed by atoms with E-state index in [-0.39, 0.29) is 12.2 Å². The second-order valence-corrected chi connectivity index (χ2v) is 13.3. The normalized spacial score (nSPS) is 25.4. The molecule has 0 radical (unpaired) electrons. The van der Waals surface area contributed by atoms with E-state index in [4.69, 9.17) is 4.74 Å². The first-order valence-electron chi connectivity index (χ1n) is 11.0. The fourth-order valence-electron chi connectivity index (χ4n) is 4.51. The Morgan fingerprint density at radius 1 is 1.14 bits per heavy atom. The average molecular weight is 551 g/mol. The second-order valence-electron chi connectivity index (χ2n) is 9.02. The van der Waals surface area contributed by atoms with Crippen molar-refractivity contribution >= 4 is 51.4 Å². The van der Waals surface area contributed by atoms with Gasteiger partial charge in [-0.25, -0.2) is 4.79 Å². The van der Waals surface area contributed by atoms with Gasteiger partial charge in [-0.2, -0.15) is 8.42 Å². The molecule has 0 spiro atoms. The van der Waals surface area contributed by atoms with Crippen LogP contribution in [0.1, 0.15) is 30.2 Å². The smallest absolute Gasteiger partial charge is 0.330 e. The molecule has 2 aromatic carbocycles. The number of nitrogens with one attached hydrogen (secondary N) is 1. The van der Waals surface area contributed by atoms with Crippen molar-refractivity contribution in [3.05, 3.63) is 71.8 Å². The van der Waals surface area contributed by atoms with Crippen LogP contribution in [0, 0.1) is 0 Å². The average Bonchev–Trinajstić information content (AvgIpc) is 3.10. The number of ether oxygens (including phenoxy) is 1. The van der Waals surface area contributed by atoms with Crippen LogP contribution < -0.4 is 5.32 Å². The van der Waals surface area contributed by atoms with Gasteiger partial charge in [-0.1, -0.05) is 60.7 Å². The van der Waals surface area contributed by atoms with Crippen LogP contribution in [0.15, 0.2) is 60.7 Å². The minimum absolute atomic E-state index is 0.0567. The van der Waals surface area contributed by atoms with Crippen molar-refractivity contribution in [2.75, 3.05) is 6.26 Å². The highest BCUT2D eigenvalue weighted by atomic mass is 32.2. The molecule has 2 amide bonds. The van der Waals surface area contributed by atoms with Crippen LogP contribution in [-0.2, 0) is 35.8 Å². The van der Waals surface area contributed by atoms with Crippen molar-refractivity contribution in [1.82, 2.24) is 10.2 Å². The zero-order valence-electron chi connectivity index (χ0n) is 19.8. The molecule has 2 aliphatic heterocycles. The molecule has 2 N–H and O–H groups in total. The van der Waals surface area contributed by atoms with E-state index in [1.165, 1.54) is 28.8 Å². The first kappa shape index (κ1) is 26.5. The van der Waals surface area contributed by atoms with E-state index >= 15 is 0 Å². The Hall–Kier alpha value is -2.54. The Balaban J connectivity index is 1.56. The van der Waals surface area contributed by atoms with Crippen molar-refractivity contribution in [2.24, 2.45) is 0 Å². The molecule has 0 bridgehead atoms. The minimum Gasteiger partial charge on any atom is -0.459 e. The number of carbonyl (C=O) groups is 3. The van der Waals surface area contributed by atoms with Gasteiger partial charge in [-0.05, 0) is 31.2 Å². The highest BCUT2D eigenvalue weighted by Gasteiger charge is 2.72. The predicted molar refractivity (Wildman–Crippen MR) is 137 cm³/mol. The Labute approximate surface area is 218 Å². The highest BCUT2D eigenvalue weighted by Crippen LogP contribution is 2.58. The van der Waals surface area contributed by atoms with Crippen LogP contribution in [0.25, 0.3) is 0 Å². The van der Waals surface area contributed by atoms with Gasteiger partial charge < -0.3 is 15.0 Å². The van der Waals surface area contributed by atoms with Gasteiger partial charge >= 0.3 is 5.97 Å². The fourth-order valence-corrected chi connectivity index (χ4v) is 8.14. The Bertz CT molecular complexity index is 1270. The summed E-state index contributed by atoms with van der Waals surface area (Å²) in [6.45, 7) is 3.69. The third-order valence-electron chi connectivity index (χ3n) is 6.22. The molecule has 0 aromatic heterocycles. The number of thioether (sulfide) groups is 2. The molecule has 4 rings (SSSR count). The number of fused-ring (bicyclic) bond motifs is 1. The number of carbonyl (C=O) groups excluding carboxylic acids is 3. The number of hydrogen-bond acceptors (Lipinski definition) is 8. The van der Waals surface area contributed by atoms with E-state index in [2.05, 4.69) is 5.32 Å². The summed E-state index contributed by atoms with van der Waals surface area (Å²) in [6, 6.07) is 15.8. The SMILES string of the molecule is CS[C@@]1(NC(=O)C(c2ccccc2)S(=O)(=O)O)C(=O)N2[C@@H](C(=O)OCc3ccccc3)C(C)(C)S[C@@H]21. The van der Waals surface area contributed by atoms with Crippen molar-refractivity contribution in [1.29, 1.82) is 0 Å². The number of nitrogens with zero attached hydrogens (tertiary/aromatic N) is 1. The van der Waals surface area contributed by atoms with E-state index in [0.29, 0.717) is 0 Å². The number of benzene rings is 2. The van der Waals surface area contributed by atoms with Crippen LogP contribution in [0.3, 0.4) is 0 Å². The molecular weight excluding hydrogens is 524 g/mol. The van der Waals surface area contributed by atoms with E-state index in [0.717, 1.165) is 17.3 Å². The molecule has 2 saturated heterocycles. The molecule has 12 heteroatoms. The van der Waals surface area contributed by atoms with Crippen LogP contribution in [0.5, 0.6) is 0 Å². The van der Waals surface area contributed by atoms with Crippen molar-refractivity contribution in [3.8, 4) is 0 Å². The largest absolute Gasteiger partial charge is 0.459 e. The molecule has 9 nitrogen and oxygen atoms in total. The monoisotopic (exact) mass is 550 g/mol. The number of rotatable bonds is 8. The van der Waals surface area contributed by atoms with Crippen LogP contribution >= 0.6 is 23.5 Å². The molecular formula is C24H26N2O7S3. The first-order chi connectivity index (χ1) is 16.9. The van der Waals surface area contributed by atoms with Crippen LogP contribution in [0.2, 0.25) is 0 Å². The molecule has 192 valence electrons. The summed E-state index contributed by atoms with van der Waals surface area (Å²) in [5.74, 6) is -2.12. The maximum Gasteiger partial charge on any atom is 0.330 e. The summed E-state index contributed by atoms with van der Waals surface area (Å²) < 4.78 is 38.8.